The standard InChI is InChI=1S/C16H32N6O/c1-16(2,3)15(23)20-6-4-13(5-7-20)21-8-12(9-21)14(18)10-22(19)11-17/h10,12-13H,4-9,11,17-19H2,1-3H3/b14-10-. The zero-order chi connectivity index (χ0) is 17.2. The van der Waals surface area contributed by atoms with E-state index in [1.165, 1.54) is 5.01 Å². The van der Waals surface area contributed by atoms with Crippen molar-refractivity contribution in [3.05, 3.63) is 11.9 Å². The summed E-state index contributed by atoms with van der Waals surface area (Å²) >= 11 is 0. The molecule has 7 heteroatoms. The highest BCUT2D eigenvalue weighted by Crippen LogP contribution is 2.29. The first-order valence-corrected chi connectivity index (χ1v) is 8.44. The van der Waals surface area contributed by atoms with Gasteiger partial charge in [0.2, 0.25) is 5.91 Å². The molecule has 2 aliphatic rings. The molecule has 0 bridgehead atoms. The van der Waals surface area contributed by atoms with Crippen LogP contribution in [0.2, 0.25) is 0 Å². The topological polar surface area (TPSA) is 105 Å². The summed E-state index contributed by atoms with van der Waals surface area (Å²) in [6.45, 7) is 9.87. The first-order valence-electron chi connectivity index (χ1n) is 8.44. The Hall–Kier alpha value is -1.31. The molecule has 23 heavy (non-hydrogen) atoms. The molecule has 1 amide bonds. The molecule has 0 aromatic carbocycles. The van der Waals surface area contributed by atoms with Gasteiger partial charge in [-0.05, 0) is 12.8 Å². The van der Waals surface area contributed by atoms with E-state index in [0.29, 0.717) is 12.0 Å². The molecule has 0 aliphatic carbocycles. The molecule has 0 radical (unpaired) electrons. The Morgan fingerprint density at radius 2 is 1.83 bits per heavy atom. The highest BCUT2D eigenvalue weighted by molar-refractivity contribution is 5.81. The normalized spacial score (nSPS) is 22.1. The zero-order valence-electron chi connectivity index (χ0n) is 14.7. The van der Waals surface area contributed by atoms with Crippen LogP contribution in [0.3, 0.4) is 0 Å². The summed E-state index contributed by atoms with van der Waals surface area (Å²) in [6, 6.07) is 0.562. The van der Waals surface area contributed by atoms with Crippen molar-refractivity contribution >= 4 is 5.91 Å². The molecule has 0 spiro atoms. The fourth-order valence-corrected chi connectivity index (χ4v) is 3.28. The predicted octanol–water partition coefficient (Wildman–Crippen LogP) is -0.153. The number of nitrogens with zero attached hydrogens (tertiary/aromatic N) is 3. The molecule has 2 saturated heterocycles. The highest BCUT2D eigenvalue weighted by Gasteiger charge is 2.37. The van der Waals surface area contributed by atoms with Crippen molar-refractivity contribution in [2.45, 2.75) is 39.7 Å². The molecule has 0 aromatic rings. The number of nitrogens with two attached hydrogens (primary N) is 3. The summed E-state index contributed by atoms with van der Waals surface area (Å²) in [5.74, 6) is 6.27. The molecule has 0 saturated carbocycles. The second kappa shape index (κ2) is 7.07. The third kappa shape index (κ3) is 4.37. The Morgan fingerprint density at radius 3 is 2.30 bits per heavy atom. The summed E-state index contributed by atoms with van der Waals surface area (Å²) in [5.41, 5.74) is 12.0. The maximum Gasteiger partial charge on any atom is 0.227 e. The average molecular weight is 324 g/mol. The molecular weight excluding hydrogens is 292 g/mol. The van der Waals surface area contributed by atoms with Gasteiger partial charge in [0.1, 0.15) is 0 Å². The number of hydrazine groups is 1. The largest absolute Gasteiger partial charge is 0.401 e. The van der Waals surface area contributed by atoms with Crippen LogP contribution in [0.4, 0.5) is 0 Å². The SMILES string of the molecule is CC(C)(C)C(=O)N1CCC(N2CC(/C(N)=C/N(N)CN)C2)CC1. The van der Waals surface area contributed by atoms with Gasteiger partial charge in [0, 0.05) is 55.5 Å². The Labute approximate surface area is 139 Å². The average Bonchev–Trinajstić information content (AvgIpc) is 2.44. The van der Waals surface area contributed by atoms with Crippen LogP contribution < -0.4 is 17.3 Å². The molecule has 6 N–H and O–H groups in total. The summed E-state index contributed by atoms with van der Waals surface area (Å²) in [5, 5.41) is 1.41. The van der Waals surface area contributed by atoms with E-state index in [9.17, 15) is 4.79 Å². The highest BCUT2D eigenvalue weighted by atomic mass is 16.2. The number of carbonyl (C=O) groups is 1. The van der Waals surface area contributed by atoms with Crippen molar-refractivity contribution in [1.82, 2.24) is 14.8 Å². The monoisotopic (exact) mass is 324 g/mol. The van der Waals surface area contributed by atoms with Crippen LogP contribution in [0.1, 0.15) is 33.6 Å². The maximum absolute atomic E-state index is 12.3. The second-order valence-corrected chi connectivity index (χ2v) is 7.75. The summed E-state index contributed by atoms with van der Waals surface area (Å²) in [6.07, 6.45) is 3.82. The number of amides is 1. The van der Waals surface area contributed by atoms with Gasteiger partial charge < -0.3 is 21.4 Å². The number of hydrogen-bond acceptors (Lipinski definition) is 6. The van der Waals surface area contributed by atoms with Crippen LogP contribution in [0.5, 0.6) is 0 Å². The number of carbonyl (C=O) groups excluding carboxylic acids is 1. The summed E-state index contributed by atoms with van der Waals surface area (Å²) in [7, 11) is 0. The van der Waals surface area contributed by atoms with Gasteiger partial charge in [0.15, 0.2) is 0 Å². The van der Waals surface area contributed by atoms with Gasteiger partial charge >= 0.3 is 0 Å². The fourth-order valence-electron chi connectivity index (χ4n) is 3.28. The first kappa shape index (κ1) is 18.0. The number of rotatable bonds is 4. The molecular formula is C16H32N6O. The molecule has 132 valence electrons. The van der Waals surface area contributed by atoms with Gasteiger partial charge in [-0.25, -0.2) is 5.84 Å². The lowest BCUT2D eigenvalue weighted by atomic mass is 9.89. The summed E-state index contributed by atoms with van der Waals surface area (Å²) < 4.78 is 0. The lowest BCUT2D eigenvalue weighted by molar-refractivity contribution is -0.141. The van der Waals surface area contributed by atoms with E-state index in [1.54, 1.807) is 6.20 Å². The maximum atomic E-state index is 12.3. The lowest BCUT2D eigenvalue weighted by Crippen LogP contribution is -2.57. The van der Waals surface area contributed by atoms with E-state index in [4.69, 9.17) is 17.3 Å². The molecule has 2 aliphatic heterocycles. The molecule has 0 atom stereocenters. The molecule has 2 rings (SSSR count). The van der Waals surface area contributed by atoms with Crippen molar-refractivity contribution in [1.29, 1.82) is 0 Å². The van der Waals surface area contributed by atoms with Gasteiger partial charge in [0.05, 0.1) is 6.67 Å². The molecule has 2 heterocycles. The third-order valence-corrected chi connectivity index (χ3v) is 4.82. The smallest absolute Gasteiger partial charge is 0.227 e. The Bertz CT molecular complexity index is 444. The van der Waals surface area contributed by atoms with E-state index < -0.39 is 0 Å². The van der Waals surface area contributed by atoms with Gasteiger partial charge in [-0.1, -0.05) is 20.8 Å². The minimum atomic E-state index is -0.287. The predicted molar refractivity (Wildman–Crippen MR) is 91.5 cm³/mol. The van der Waals surface area contributed by atoms with Crippen molar-refractivity contribution in [3.8, 4) is 0 Å². The van der Waals surface area contributed by atoms with E-state index in [-0.39, 0.29) is 18.0 Å². The first-order chi connectivity index (χ1) is 10.7. The van der Waals surface area contributed by atoms with Gasteiger partial charge in [-0.3, -0.25) is 9.69 Å². The van der Waals surface area contributed by atoms with Crippen molar-refractivity contribution in [3.63, 3.8) is 0 Å². The Morgan fingerprint density at radius 1 is 1.26 bits per heavy atom. The number of piperidine rings is 1. The van der Waals surface area contributed by atoms with E-state index >= 15 is 0 Å². The van der Waals surface area contributed by atoms with E-state index in [0.717, 1.165) is 44.7 Å². The van der Waals surface area contributed by atoms with Crippen molar-refractivity contribution < 1.29 is 4.79 Å². The minimum absolute atomic E-state index is 0.259. The molecule has 0 aromatic heterocycles. The number of likely N-dealkylation sites (tertiary alicyclic amines) is 2. The Balaban J connectivity index is 1.76. The minimum Gasteiger partial charge on any atom is -0.401 e. The van der Waals surface area contributed by atoms with Crippen molar-refractivity contribution in [2.24, 2.45) is 28.6 Å². The second-order valence-electron chi connectivity index (χ2n) is 7.75. The van der Waals surface area contributed by atoms with Gasteiger partial charge in [0.25, 0.3) is 0 Å². The summed E-state index contributed by atoms with van der Waals surface area (Å²) in [4.78, 5) is 16.8. The van der Waals surface area contributed by atoms with E-state index in [1.807, 2.05) is 25.7 Å². The van der Waals surface area contributed by atoms with Gasteiger partial charge in [-0.15, -0.1) is 0 Å². The number of hydrogen-bond donors (Lipinski definition) is 3. The third-order valence-electron chi connectivity index (χ3n) is 4.82. The molecule has 7 nitrogen and oxygen atoms in total. The molecule has 0 unspecified atom stereocenters. The van der Waals surface area contributed by atoms with Crippen LogP contribution >= 0.6 is 0 Å². The van der Waals surface area contributed by atoms with Crippen LogP contribution in [-0.4, -0.2) is 59.6 Å². The Kier molecular flexibility index (Phi) is 5.54. The lowest BCUT2D eigenvalue weighted by Gasteiger charge is -2.48. The van der Waals surface area contributed by atoms with E-state index in [2.05, 4.69) is 4.90 Å². The van der Waals surface area contributed by atoms with Crippen LogP contribution in [0.15, 0.2) is 11.9 Å². The van der Waals surface area contributed by atoms with Crippen LogP contribution in [-0.2, 0) is 4.79 Å². The fraction of sp³-hybridized carbons (Fsp3) is 0.812. The van der Waals surface area contributed by atoms with Crippen LogP contribution in [0.25, 0.3) is 0 Å². The van der Waals surface area contributed by atoms with Crippen molar-refractivity contribution in [2.75, 3.05) is 32.8 Å². The zero-order valence-corrected chi connectivity index (χ0v) is 14.7. The molecule has 2 fully saturated rings. The quantitative estimate of drug-likeness (QED) is 0.377. The van der Waals surface area contributed by atoms with Crippen LogP contribution in [0, 0.1) is 11.3 Å². The van der Waals surface area contributed by atoms with Gasteiger partial charge in [-0.2, -0.15) is 0 Å².